The molecule has 3 rings (SSSR count). The zero-order chi connectivity index (χ0) is 14.8. The van der Waals surface area contributed by atoms with Gasteiger partial charge >= 0.3 is 0 Å². The molecule has 0 spiro atoms. The van der Waals surface area contributed by atoms with Crippen LogP contribution in [0.1, 0.15) is 35.6 Å². The summed E-state index contributed by atoms with van der Waals surface area (Å²) in [6.07, 6.45) is 2.85. The molecule has 0 bridgehead atoms. The molecule has 0 radical (unpaired) electrons. The maximum Gasteiger partial charge on any atom is 0.119 e. The zero-order valence-corrected chi connectivity index (χ0v) is 14.6. The van der Waals surface area contributed by atoms with Crippen molar-refractivity contribution in [1.29, 1.82) is 0 Å². The van der Waals surface area contributed by atoms with Gasteiger partial charge in [-0.2, -0.15) is 0 Å². The van der Waals surface area contributed by atoms with Gasteiger partial charge in [-0.15, -0.1) is 0 Å². The number of hydrogen-bond donors (Lipinski definition) is 1. The fourth-order valence-electron chi connectivity index (χ4n) is 2.51. The summed E-state index contributed by atoms with van der Waals surface area (Å²) in [7, 11) is 2.01. The number of ether oxygens (including phenoxy) is 1. The number of benzene rings is 2. The molecular formula is C18H20INO. The van der Waals surface area contributed by atoms with Gasteiger partial charge in [-0.05, 0) is 78.2 Å². The second-order valence-corrected chi connectivity index (χ2v) is 6.66. The third-order valence-corrected chi connectivity index (χ3v) is 5.34. The number of aryl methyl sites for hydroxylation is 1. The van der Waals surface area contributed by atoms with Gasteiger partial charge < -0.3 is 10.1 Å². The van der Waals surface area contributed by atoms with Crippen molar-refractivity contribution in [2.45, 2.75) is 31.9 Å². The summed E-state index contributed by atoms with van der Waals surface area (Å²) < 4.78 is 7.15. The van der Waals surface area contributed by atoms with Crippen molar-refractivity contribution >= 4 is 22.6 Å². The van der Waals surface area contributed by atoms with Crippen LogP contribution in [-0.4, -0.2) is 13.2 Å². The van der Waals surface area contributed by atoms with E-state index >= 15 is 0 Å². The second-order valence-electron chi connectivity index (χ2n) is 5.59. The lowest BCUT2D eigenvalue weighted by Crippen LogP contribution is -2.19. The van der Waals surface area contributed by atoms with Crippen molar-refractivity contribution in [2.75, 3.05) is 7.05 Å². The Balaban J connectivity index is 1.86. The molecule has 0 heterocycles. The van der Waals surface area contributed by atoms with Crippen LogP contribution in [0.2, 0.25) is 0 Å². The van der Waals surface area contributed by atoms with Crippen LogP contribution in [-0.2, 0) is 0 Å². The first-order chi connectivity index (χ1) is 10.2. The Bertz CT molecular complexity index is 620. The summed E-state index contributed by atoms with van der Waals surface area (Å²) in [6, 6.07) is 15.2. The summed E-state index contributed by atoms with van der Waals surface area (Å²) in [6.45, 7) is 2.16. The molecule has 2 aromatic carbocycles. The quantitative estimate of drug-likeness (QED) is 0.758. The molecule has 0 aromatic heterocycles. The Hall–Kier alpha value is -1.07. The van der Waals surface area contributed by atoms with Gasteiger partial charge in [0.1, 0.15) is 5.75 Å². The summed E-state index contributed by atoms with van der Waals surface area (Å²) in [5.41, 5.74) is 3.92. The van der Waals surface area contributed by atoms with Crippen LogP contribution in [0, 0.1) is 10.5 Å². The Morgan fingerprint density at radius 1 is 1.14 bits per heavy atom. The summed E-state index contributed by atoms with van der Waals surface area (Å²) in [5, 5.41) is 3.43. The number of nitrogens with one attached hydrogen (secondary N) is 1. The molecule has 21 heavy (non-hydrogen) atoms. The molecule has 1 fully saturated rings. The van der Waals surface area contributed by atoms with E-state index in [0.717, 1.165) is 5.75 Å². The number of halogens is 1. The predicted molar refractivity (Wildman–Crippen MR) is 94.9 cm³/mol. The molecule has 1 unspecified atom stereocenters. The summed E-state index contributed by atoms with van der Waals surface area (Å²) >= 11 is 2.44. The van der Waals surface area contributed by atoms with E-state index in [1.54, 1.807) is 0 Å². The zero-order valence-electron chi connectivity index (χ0n) is 12.4. The van der Waals surface area contributed by atoms with Crippen LogP contribution in [0.3, 0.4) is 0 Å². The number of hydrogen-bond acceptors (Lipinski definition) is 2. The van der Waals surface area contributed by atoms with Crippen molar-refractivity contribution in [3.8, 4) is 5.75 Å². The maximum atomic E-state index is 5.82. The molecule has 3 heteroatoms. The first kappa shape index (κ1) is 14.9. The van der Waals surface area contributed by atoms with E-state index in [-0.39, 0.29) is 6.04 Å². The van der Waals surface area contributed by atoms with Gasteiger partial charge in [-0.25, -0.2) is 0 Å². The molecule has 1 aliphatic rings. The average Bonchev–Trinajstić information content (AvgIpc) is 3.30. The fourth-order valence-corrected chi connectivity index (χ4v) is 3.18. The first-order valence-corrected chi connectivity index (χ1v) is 8.46. The van der Waals surface area contributed by atoms with E-state index < -0.39 is 0 Å². The highest BCUT2D eigenvalue weighted by molar-refractivity contribution is 14.1. The van der Waals surface area contributed by atoms with E-state index in [0.29, 0.717) is 6.10 Å². The van der Waals surface area contributed by atoms with Crippen molar-refractivity contribution in [2.24, 2.45) is 0 Å². The Morgan fingerprint density at radius 2 is 1.86 bits per heavy atom. The third-order valence-electron chi connectivity index (χ3n) is 3.86. The van der Waals surface area contributed by atoms with Crippen LogP contribution in [0.15, 0.2) is 42.5 Å². The molecule has 2 aromatic rings. The van der Waals surface area contributed by atoms with E-state index in [9.17, 15) is 0 Å². The van der Waals surface area contributed by atoms with Crippen LogP contribution in [0.4, 0.5) is 0 Å². The topological polar surface area (TPSA) is 21.3 Å². The van der Waals surface area contributed by atoms with Crippen LogP contribution < -0.4 is 10.1 Å². The van der Waals surface area contributed by atoms with Crippen molar-refractivity contribution in [1.82, 2.24) is 5.32 Å². The van der Waals surface area contributed by atoms with E-state index in [1.165, 1.54) is 33.1 Å². The summed E-state index contributed by atoms with van der Waals surface area (Å²) in [5.74, 6) is 0.982. The highest BCUT2D eigenvalue weighted by Gasteiger charge is 2.23. The number of rotatable bonds is 5. The fraction of sp³-hybridized carbons (Fsp3) is 0.333. The molecule has 1 saturated carbocycles. The van der Waals surface area contributed by atoms with Gasteiger partial charge in [-0.3, -0.25) is 0 Å². The maximum absolute atomic E-state index is 5.82. The van der Waals surface area contributed by atoms with Gasteiger partial charge in [0.25, 0.3) is 0 Å². The van der Waals surface area contributed by atoms with Crippen LogP contribution >= 0.6 is 22.6 Å². The van der Waals surface area contributed by atoms with E-state index in [4.69, 9.17) is 4.74 Å². The van der Waals surface area contributed by atoms with Crippen molar-refractivity contribution in [3.63, 3.8) is 0 Å². The van der Waals surface area contributed by atoms with Gasteiger partial charge in [-0.1, -0.05) is 30.3 Å². The van der Waals surface area contributed by atoms with Crippen molar-refractivity contribution < 1.29 is 4.74 Å². The minimum atomic E-state index is 0.215. The largest absolute Gasteiger partial charge is 0.490 e. The lowest BCUT2D eigenvalue weighted by atomic mass is 9.97. The minimum absolute atomic E-state index is 0.215. The van der Waals surface area contributed by atoms with Gasteiger partial charge in [0, 0.05) is 3.57 Å². The molecule has 1 N–H and O–H groups in total. The SMILES string of the molecule is CNC(c1ccc(OC2CC2)cc1)c1cccc(C)c1I. The van der Waals surface area contributed by atoms with Crippen LogP contribution in [0.5, 0.6) is 5.75 Å². The molecule has 0 aliphatic heterocycles. The lowest BCUT2D eigenvalue weighted by Gasteiger charge is -2.20. The minimum Gasteiger partial charge on any atom is -0.490 e. The monoisotopic (exact) mass is 393 g/mol. The van der Waals surface area contributed by atoms with E-state index in [2.05, 4.69) is 77.3 Å². The Morgan fingerprint density at radius 3 is 2.48 bits per heavy atom. The molecule has 0 saturated heterocycles. The lowest BCUT2D eigenvalue weighted by molar-refractivity contribution is 0.303. The van der Waals surface area contributed by atoms with Gasteiger partial charge in [0.2, 0.25) is 0 Å². The first-order valence-electron chi connectivity index (χ1n) is 7.38. The predicted octanol–water partition coefficient (Wildman–Crippen LogP) is 4.45. The molecule has 2 nitrogen and oxygen atoms in total. The molecule has 110 valence electrons. The van der Waals surface area contributed by atoms with E-state index in [1.807, 2.05) is 7.05 Å². The standard InChI is InChI=1S/C18H20INO/c1-12-4-3-5-16(17(12)19)18(20-2)13-6-8-14(9-7-13)21-15-10-11-15/h3-9,15,18,20H,10-11H2,1-2H3. The highest BCUT2D eigenvalue weighted by atomic mass is 127. The summed E-state index contributed by atoms with van der Waals surface area (Å²) in [4.78, 5) is 0. The highest BCUT2D eigenvalue weighted by Crippen LogP contribution is 2.31. The van der Waals surface area contributed by atoms with Gasteiger partial charge in [0.05, 0.1) is 12.1 Å². The Kier molecular flexibility index (Phi) is 4.50. The molecule has 1 aliphatic carbocycles. The smallest absolute Gasteiger partial charge is 0.119 e. The molecule has 1 atom stereocenters. The molecular weight excluding hydrogens is 373 g/mol. The van der Waals surface area contributed by atoms with Crippen molar-refractivity contribution in [3.05, 3.63) is 62.7 Å². The third kappa shape index (κ3) is 3.40. The average molecular weight is 393 g/mol. The Labute approximate surface area is 140 Å². The normalized spacial score (nSPS) is 15.8. The van der Waals surface area contributed by atoms with Gasteiger partial charge in [0.15, 0.2) is 0 Å². The second kappa shape index (κ2) is 6.36. The molecule has 0 amide bonds. The van der Waals surface area contributed by atoms with Crippen LogP contribution in [0.25, 0.3) is 0 Å².